The number of nitrogens with one attached hydrogen (secondary N) is 1. The van der Waals surface area contributed by atoms with Crippen LogP contribution in [0.5, 0.6) is 0 Å². The second-order valence-electron chi connectivity index (χ2n) is 4.18. The second-order valence-corrected chi connectivity index (χ2v) is 4.18. The standard InChI is InChI=1S/C10H18N2O/c1-12(10(11)8-4-5-8)7-9-3-2-6-13-9/h8-9,11H,2-7H2,1H3. The molecule has 3 heteroatoms. The normalized spacial score (nSPS) is 27.6. The number of nitrogens with zero attached hydrogens (tertiary/aromatic N) is 1. The maximum absolute atomic E-state index is 7.85. The lowest BCUT2D eigenvalue weighted by atomic mass is 10.2. The van der Waals surface area contributed by atoms with E-state index in [2.05, 4.69) is 4.90 Å². The van der Waals surface area contributed by atoms with Crippen LogP contribution in [0.1, 0.15) is 25.7 Å². The van der Waals surface area contributed by atoms with E-state index in [1.54, 1.807) is 0 Å². The molecular weight excluding hydrogens is 164 g/mol. The largest absolute Gasteiger partial charge is 0.376 e. The van der Waals surface area contributed by atoms with Crippen LogP contribution >= 0.6 is 0 Å². The number of hydrogen-bond acceptors (Lipinski definition) is 2. The molecule has 0 spiro atoms. The molecule has 1 saturated heterocycles. The Kier molecular flexibility index (Phi) is 2.54. The van der Waals surface area contributed by atoms with E-state index >= 15 is 0 Å². The van der Waals surface area contributed by atoms with Crippen molar-refractivity contribution in [2.24, 2.45) is 5.92 Å². The van der Waals surface area contributed by atoms with Crippen molar-refractivity contribution in [1.82, 2.24) is 4.90 Å². The van der Waals surface area contributed by atoms with Crippen molar-refractivity contribution in [3.8, 4) is 0 Å². The van der Waals surface area contributed by atoms with Gasteiger partial charge in [0.15, 0.2) is 0 Å². The minimum Gasteiger partial charge on any atom is -0.376 e. The van der Waals surface area contributed by atoms with Crippen molar-refractivity contribution in [3.05, 3.63) is 0 Å². The van der Waals surface area contributed by atoms with E-state index in [1.807, 2.05) is 7.05 Å². The quantitative estimate of drug-likeness (QED) is 0.530. The molecule has 0 aromatic carbocycles. The summed E-state index contributed by atoms with van der Waals surface area (Å²) in [5.74, 6) is 1.38. The predicted octanol–water partition coefficient (Wildman–Crippen LogP) is 1.48. The van der Waals surface area contributed by atoms with E-state index in [0.29, 0.717) is 12.0 Å². The van der Waals surface area contributed by atoms with Gasteiger partial charge in [-0.1, -0.05) is 0 Å². The molecule has 2 aliphatic rings. The molecule has 1 atom stereocenters. The summed E-state index contributed by atoms with van der Waals surface area (Å²) in [7, 11) is 2.02. The SMILES string of the molecule is CN(CC1CCCO1)C(=N)C1CC1. The summed E-state index contributed by atoms with van der Waals surface area (Å²) in [5, 5.41) is 7.85. The zero-order valence-electron chi connectivity index (χ0n) is 8.25. The first-order valence-electron chi connectivity index (χ1n) is 5.18. The van der Waals surface area contributed by atoms with Crippen molar-refractivity contribution in [2.75, 3.05) is 20.2 Å². The van der Waals surface area contributed by atoms with Gasteiger partial charge >= 0.3 is 0 Å². The monoisotopic (exact) mass is 182 g/mol. The Balaban J connectivity index is 1.75. The Morgan fingerprint density at radius 1 is 1.46 bits per heavy atom. The van der Waals surface area contributed by atoms with Gasteiger partial charge in [-0.25, -0.2) is 0 Å². The van der Waals surface area contributed by atoms with Crippen LogP contribution in [0, 0.1) is 11.3 Å². The van der Waals surface area contributed by atoms with E-state index < -0.39 is 0 Å². The van der Waals surface area contributed by atoms with Crippen LogP contribution in [0.2, 0.25) is 0 Å². The van der Waals surface area contributed by atoms with Crippen LogP contribution in [-0.4, -0.2) is 37.0 Å². The Morgan fingerprint density at radius 2 is 2.23 bits per heavy atom. The fraction of sp³-hybridized carbons (Fsp3) is 0.900. The first-order valence-corrected chi connectivity index (χ1v) is 5.18. The lowest BCUT2D eigenvalue weighted by Gasteiger charge is -2.22. The third-order valence-electron chi connectivity index (χ3n) is 2.88. The number of rotatable bonds is 3. The summed E-state index contributed by atoms with van der Waals surface area (Å²) in [4.78, 5) is 2.06. The van der Waals surface area contributed by atoms with E-state index in [9.17, 15) is 0 Å². The van der Waals surface area contributed by atoms with Gasteiger partial charge in [0.2, 0.25) is 0 Å². The molecule has 3 nitrogen and oxygen atoms in total. The Labute approximate surface area is 79.6 Å². The van der Waals surface area contributed by atoms with E-state index in [1.165, 1.54) is 25.7 Å². The zero-order valence-corrected chi connectivity index (χ0v) is 8.25. The highest BCUT2D eigenvalue weighted by Gasteiger charge is 2.30. The molecule has 1 aliphatic heterocycles. The molecule has 2 fully saturated rings. The number of hydrogen-bond donors (Lipinski definition) is 1. The second kappa shape index (κ2) is 3.66. The third kappa shape index (κ3) is 2.21. The van der Waals surface area contributed by atoms with Crippen LogP contribution in [0.25, 0.3) is 0 Å². The van der Waals surface area contributed by atoms with Crippen LogP contribution in [0.4, 0.5) is 0 Å². The summed E-state index contributed by atoms with van der Waals surface area (Å²) in [6.45, 7) is 1.82. The average molecular weight is 182 g/mol. The molecule has 74 valence electrons. The third-order valence-corrected chi connectivity index (χ3v) is 2.88. The smallest absolute Gasteiger partial charge is 0.0987 e. The van der Waals surface area contributed by atoms with Crippen molar-refractivity contribution >= 4 is 5.84 Å². The van der Waals surface area contributed by atoms with Gasteiger partial charge in [-0.2, -0.15) is 0 Å². The predicted molar refractivity (Wildman–Crippen MR) is 52.1 cm³/mol. The number of ether oxygens (including phenoxy) is 1. The average Bonchev–Trinajstić information content (AvgIpc) is 2.85. The molecule has 1 aliphatic carbocycles. The van der Waals surface area contributed by atoms with Crippen LogP contribution in [-0.2, 0) is 4.74 Å². The van der Waals surface area contributed by atoms with Crippen molar-refractivity contribution in [2.45, 2.75) is 31.8 Å². The van der Waals surface area contributed by atoms with Gasteiger partial charge in [-0.15, -0.1) is 0 Å². The highest BCUT2D eigenvalue weighted by atomic mass is 16.5. The minimum atomic E-state index is 0.379. The molecule has 13 heavy (non-hydrogen) atoms. The molecule has 0 aromatic heterocycles. The molecule has 1 N–H and O–H groups in total. The van der Waals surface area contributed by atoms with Gasteiger partial charge in [0.1, 0.15) is 0 Å². The van der Waals surface area contributed by atoms with Gasteiger partial charge in [0, 0.05) is 26.1 Å². The molecular formula is C10H18N2O. The van der Waals surface area contributed by atoms with Crippen molar-refractivity contribution < 1.29 is 4.74 Å². The maximum Gasteiger partial charge on any atom is 0.0987 e. The lowest BCUT2D eigenvalue weighted by Crippen LogP contribution is -2.34. The number of likely N-dealkylation sites (N-methyl/N-ethyl adjacent to an activating group) is 1. The molecule has 1 saturated carbocycles. The molecule has 1 heterocycles. The first kappa shape index (κ1) is 9.00. The first-order chi connectivity index (χ1) is 6.27. The van der Waals surface area contributed by atoms with Gasteiger partial charge < -0.3 is 9.64 Å². The molecule has 0 bridgehead atoms. The van der Waals surface area contributed by atoms with Gasteiger partial charge in [0.05, 0.1) is 11.9 Å². The molecule has 2 rings (SSSR count). The van der Waals surface area contributed by atoms with Crippen LogP contribution in [0.15, 0.2) is 0 Å². The molecule has 0 aromatic rings. The Bertz CT molecular complexity index is 195. The summed E-state index contributed by atoms with van der Waals surface area (Å²) in [5.41, 5.74) is 0. The zero-order chi connectivity index (χ0) is 9.26. The molecule has 0 amide bonds. The summed E-state index contributed by atoms with van der Waals surface area (Å²) in [6.07, 6.45) is 5.17. The Morgan fingerprint density at radius 3 is 2.77 bits per heavy atom. The van der Waals surface area contributed by atoms with Gasteiger partial charge in [-0.3, -0.25) is 5.41 Å². The van der Waals surface area contributed by atoms with Gasteiger partial charge in [0.25, 0.3) is 0 Å². The summed E-state index contributed by atoms with van der Waals surface area (Å²) < 4.78 is 5.54. The maximum atomic E-state index is 7.85. The van der Waals surface area contributed by atoms with Crippen molar-refractivity contribution in [1.29, 1.82) is 5.41 Å². The Hall–Kier alpha value is -0.570. The highest BCUT2D eigenvalue weighted by Crippen LogP contribution is 2.31. The fourth-order valence-corrected chi connectivity index (χ4v) is 1.86. The molecule has 0 radical (unpaired) electrons. The minimum absolute atomic E-state index is 0.379. The fourth-order valence-electron chi connectivity index (χ4n) is 1.86. The van der Waals surface area contributed by atoms with Crippen LogP contribution < -0.4 is 0 Å². The van der Waals surface area contributed by atoms with Crippen LogP contribution in [0.3, 0.4) is 0 Å². The highest BCUT2D eigenvalue weighted by molar-refractivity contribution is 5.83. The van der Waals surface area contributed by atoms with E-state index in [4.69, 9.17) is 10.1 Å². The lowest BCUT2D eigenvalue weighted by molar-refractivity contribution is 0.0952. The summed E-state index contributed by atoms with van der Waals surface area (Å²) in [6, 6.07) is 0. The molecule has 1 unspecified atom stereocenters. The van der Waals surface area contributed by atoms with Crippen molar-refractivity contribution in [3.63, 3.8) is 0 Å². The van der Waals surface area contributed by atoms with E-state index in [-0.39, 0.29) is 0 Å². The number of amidine groups is 1. The van der Waals surface area contributed by atoms with Gasteiger partial charge in [-0.05, 0) is 25.7 Å². The van der Waals surface area contributed by atoms with E-state index in [0.717, 1.165) is 19.0 Å². The summed E-state index contributed by atoms with van der Waals surface area (Å²) >= 11 is 0. The topological polar surface area (TPSA) is 36.3 Å².